The predicted molar refractivity (Wildman–Crippen MR) is 57.6 cm³/mol. The average molecular weight is 223 g/mol. The highest BCUT2D eigenvalue weighted by atomic mass is 16.4. The number of phenolic OH excluding ortho intramolecular Hbond substituents is 1. The van der Waals surface area contributed by atoms with Crippen molar-refractivity contribution < 1.29 is 19.8 Å². The van der Waals surface area contributed by atoms with E-state index in [1.165, 1.54) is 24.3 Å². The lowest BCUT2D eigenvalue weighted by molar-refractivity contribution is 0.0929. The third-order valence-corrected chi connectivity index (χ3v) is 2.16. The van der Waals surface area contributed by atoms with Crippen molar-refractivity contribution in [2.24, 2.45) is 5.92 Å². The maximum Gasteiger partial charge on any atom is 0.404 e. The summed E-state index contributed by atoms with van der Waals surface area (Å²) in [5.41, 5.74) is 0.456. The SMILES string of the molecule is C[C@@H](CNC(=O)O)C(=O)c1ccc(O)cc1. The Kier molecular flexibility index (Phi) is 3.88. The van der Waals surface area contributed by atoms with Crippen molar-refractivity contribution in [3.8, 4) is 5.75 Å². The molecule has 86 valence electrons. The van der Waals surface area contributed by atoms with Gasteiger partial charge in [0.05, 0.1) is 0 Å². The summed E-state index contributed by atoms with van der Waals surface area (Å²) < 4.78 is 0. The number of carbonyl (C=O) groups is 2. The largest absolute Gasteiger partial charge is 0.508 e. The third-order valence-electron chi connectivity index (χ3n) is 2.16. The summed E-state index contributed by atoms with van der Waals surface area (Å²) in [6.07, 6.45) is -1.15. The van der Waals surface area contributed by atoms with Gasteiger partial charge in [-0.25, -0.2) is 4.79 Å². The molecule has 16 heavy (non-hydrogen) atoms. The van der Waals surface area contributed by atoms with Gasteiger partial charge < -0.3 is 15.5 Å². The van der Waals surface area contributed by atoms with Crippen molar-refractivity contribution >= 4 is 11.9 Å². The number of nitrogens with one attached hydrogen (secondary N) is 1. The second kappa shape index (κ2) is 5.16. The Morgan fingerprint density at radius 1 is 1.31 bits per heavy atom. The Balaban J connectivity index is 2.63. The number of ketones is 1. The summed E-state index contributed by atoms with van der Waals surface area (Å²) in [6.45, 7) is 1.72. The van der Waals surface area contributed by atoms with Crippen LogP contribution in [0.2, 0.25) is 0 Å². The molecule has 0 aliphatic rings. The van der Waals surface area contributed by atoms with Crippen molar-refractivity contribution in [1.29, 1.82) is 0 Å². The minimum atomic E-state index is -1.15. The number of Topliss-reactive ketones (excluding diaryl/α,β-unsaturated/α-hetero) is 1. The number of aromatic hydroxyl groups is 1. The normalized spacial score (nSPS) is 11.8. The predicted octanol–water partition coefficient (Wildman–Crippen LogP) is 1.48. The third kappa shape index (κ3) is 3.27. The van der Waals surface area contributed by atoms with E-state index in [4.69, 9.17) is 10.2 Å². The van der Waals surface area contributed by atoms with E-state index in [0.717, 1.165) is 0 Å². The molecule has 0 aliphatic heterocycles. The summed E-state index contributed by atoms with van der Waals surface area (Å²) in [5.74, 6) is -0.498. The van der Waals surface area contributed by atoms with Crippen molar-refractivity contribution in [3.05, 3.63) is 29.8 Å². The first-order valence-electron chi connectivity index (χ1n) is 4.80. The molecule has 1 rings (SSSR count). The Hall–Kier alpha value is -2.04. The molecular weight excluding hydrogens is 210 g/mol. The van der Waals surface area contributed by atoms with Crippen LogP contribution in [-0.2, 0) is 0 Å². The molecule has 0 saturated carbocycles. The van der Waals surface area contributed by atoms with E-state index >= 15 is 0 Å². The highest BCUT2D eigenvalue weighted by Crippen LogP contribution is 2.13. The zero-order chi connectivity index (χ0) is 12.1. The number of hydrogen-bond donors (Lipinski definition) is 3. The Morgan fingerprint density at radius 2 is 1.88 bits per heavy atom. The second-order valence-electron chi connectivity index (χ2n) is 3.50. The highest BCUT2D eigenvalue weighted by Gasteiger charge is 2.15. The van der Waals surface area contributed by atoms with Crippen LogP contribution in [0.3, 0.4) is 0 Å². The summed E-state index contributed by atoms with van der Waals surface area (Å²) in [5, 5.41) is 19.6. The minimum Gasteiger partial charge on any atom is -0.508 e. The van der Waals surface area contributed by atoms with E-state index in [1.807, 2.05) is 0 Å². The molecule has 5 nitrogen and oxygen atoms in total. The van der Waals surface area contributed by atoms with Crippen LogP contribution in [0.4, 0.5) is 4.79 Å². The first-order chi connectivity index (χ1) is 7.50. The standard InChI is InChI=1S/C11H13NO4/c1-7(6-12-11(15)16)10(14)8-2-4-9(13)5-3-8/h2-5,7,12-13H,6H2,1H3,(H,15,16)/t7-/m0/s1. The molecule has 0 aromatic heterocycles. The first-order valence-corrected chi connectivity index (χ1v) is 4.80. The van der Waals surface area contributed by atoms with E-state index in [-0.39, 0.29) is 18.1 Å². The molecule has 0 bridgehead atoms. The molecule has 0 heterocycles. The summed E-state index contributed by atoms with van der Waals surface area (Å²) in [4.78, 5) is 22.0. The van der Waals surface area contributed by atoms with Gasteiger partial charge in [0.15, 0.2) is 5.78 Å². The van der Waals surface area contributed by atoms with Gasteiger partial charge in [0.25, 0.3) is 0 Å². The lowest BCUT2D eigenvalue weighted by Gasteiger charge is -2.10. The van der Waals surface area contributed by atoms with E-state index in [2.05, 4.69) is 5.32 Å². The lowest BCUT2D eigenvalue weighted by atomic mass is 9.99. The summed E-state index contributed by atoms with van der Waals surface area (Å²) >= 11 is 0. The molecule has 1 amide bonds. The zero-order valence-corrected chi connectivity index (χ0v) is 8.80. The smallest absolute Gasteiger partial charge is 0.404 e. The Labute approximate surface area is 92.7 Å². The molecule has 0 aliphatic carbocycles. The molecule has 1 atom stereocenters. The zero-order valence-electron chi connectivity index (χ0n) is 8.80. The maximum atomic E-state index is 11.8. The molecule has 5 heteroatoms. The molecule has 0 spiro atoms. The van der Waals surface area contributed by atoms with Gasteiger partial charge >= 0.3 is 6.09 Å². The molecular formula is C11H13NO4. The molecule has 1 aromatic rings. The van der Waals surface area contributed by atoms with E-state index in [0.29, 0.717) is 5.56 Å². The number of hydrogen-bond acceptors (Lipinski definition) is 3. The molecule has 1 aromatic carbocycles. The van der Waals surface area contributed by atoms with Gasteiger partial charge in [-0.2, -0.15) is 0 Å². The molecule has 0 radical (unpaired) electrons. The fraction of sp³-hybridized carbons (Fsp3) is 0.273. The van der Waals surface area contributed by atoms with Crippen molar-refractivity contribution in [3.63, 3.8) is 0 Å². The number of phenols is 1. The number of amides is 1. The van der Waals surface area contributed by atoms with Gasteiger partial charge in [0.1, 0.15) is 5.75 Å². The van der Waals surface area contributed by atoms with E-state index in [9.17, 15) is 9.59 Å². The molecule has 0 unspecified atom stereocenters. The van der Waals surface area contributed by atoms with Gasteiger partial charge in [-0.05, 0) is 24.3 Å². The van der Waals surface area contributed by atoms with Gasteiger partial charge in [-0.3, -0.25) is 4.79 Å². The van der Waals surface area contributed by atoms with E-state index in [1.54, 1.807) is 6.92 Å². The quantitative estimate of drug-likeness (QED) is 0.675. The van der Waals surface area contributed by atoms with Crippen molar-refractivity contribution in [2.75, 3.05) is 6.54 Å². The maximum absolute atomic E-state index is 11.8. The Morgan fingerprint density at radius 3 is 2.38 bits per heavy atom. The monoisotopic (exact) mass is 223 g/mol. The van der Waals surface area contributed by atoms with Crippen molar-refractivity contribution in [2.45, 2.75) is 6.92 Å². The number of carboxylic acid groups (broad SMARTS) is 1. The summed E-state index contributed by atoms with van der Waals surface area (Å²) in [7, 11) is 0. The average Bonchev–Trinajstić information content (AvgIpc) is 2.26. The summed E-state index contributed by atoms with van der Waals surface area (Å²) in [6, 6.07) is 5.86. The van der Waals surface area contributed by atoms with Crippen LogP contribution in [0.1, 0.15) is 17.3 Å². The number of rotatable bonds is 4. The minimum absolute atomic E-state index is 0.0784. The van der Waals surface area contributed by atoms with Crippen molar-refractivity contribution in [1.82, 2.24) is 5.32 Å². The number of carbonyl (C=O) groups excluding carboxylic acids is 1. The van der Waals surface area contributed by atoms with Gasteiger partial charge in [-0.15, -0.1) is 0 Å². The van der Waals surface area contributed by atoms with Crippen LogP contribution in [0.5, 0.6) is 5.75 Å². The van der Waals surface area contributed by atoms with Crippen LogP contribution >= 0.6 is 0 Å². The topological polar surface area (TPSA) is 86.6 Å². The first kappa shape index (κ1) is 12.0. The fourth-order valence-corrected chi connectivity index (χ4v) is 1.24. The Bertz CT molecular complexity index is 385. The van der Waals surface area contributed by atoms with Crippen LogP contribution in [0.25, 0.3) is 0 Å². The molecule has 3 N–H and O–H groups in total. The molecule has 0 fully saturated rings. The van der Waals surface area contributed by atoms with Gasteiger partial charge in [0.2, 0.25) is 0 Å². The number of benzene rings is 1. The van der Waals surface area contributed by atoms with Gasteiger partial charge in [0, 0.05) is 18.0 Å². The van der Waals surface area contributed by atoms with Crippen LogP contribution in [0.15, 0.2) is 24.3 Å². The van der Waals surface area contributed by atoms with Crippen LogP contribution < -0.4 is 5.32 Å². The van der Waals surface area contributed by atoms with Crippen LogP contribution in [0, 0.1) is 5.92 Å². The second-order valence-corrected chi connectivity index (χ2v) is 3.50. The fourth-order valence-electron chi connectivity index (χ4n) is 1.24. The molecule has 0 saturated heterocycles. The van der Waals surface area contributed by atoms with Crippen LogP contribution in [-0.4, -0.2) is 28.6 Å². The van der Waals surface area contributed by atoms with E-state index < -0.39 is 12.0 Å². The van der Waals surface area contributed by atoms with Gasteiger partial charge in [-0.1, -0.05) is 6.92 Å². The highest BCUT2D eigenvalue weighted by molar-refractivity contribution is 5.98. The lowest BCUT2D eigenvalue weighted by Crippen LogP contribution is -2.30.